The normalized spacial score (nSPS) is 10.5. The Hall–Kier alpha value is -2.50. The van der Waals surface area contributed by atoms with Crippen molar-refractivity contribution in [2.75, 3.05) is 0 Å². The van der Waals surface area contributed by atoms with Crippen molar-refractivity contribution in [1.29, 1.82) is 0 Å². The lowest BCUT2D eigenvalue weighted by Gasteiger charge is -2.05. The first-order valence-corrected chi connectivity index (χ1v) is 6.30. The zero-order valence-electron chi connectivity index (χ0n) is 11.3. The van der Waals surface area contributed by atoms with Crippen LogP contribution in [-0.4, -0.2) is 16.2 Å². The molecule has 0 aliphatic heterocycles. The van der Waals surface area contributed by atoms with Crippen molar-refractivity contribution in [3.63, 3.8) is 0 Å². The van der Waals surface area contributed by atoms with Gasteiger partial charge in [-0.3, -0.25) is 4.79 Å². The molecule has 2 aromatic heterocycles. The van der Waals surface area contributed by atoms with Gasteiger partial charge < -0.3 is 19.8 Å². The largest absolute Gasteiger partial charge is 0.465 e. The average molecular weight is 276 g/mol. The number of hydrogen-bond acceptors (Lipinski definition) is 3. The van der Waals surface area contributed by atoms with E-state index in [0.29, 0.717) is 23.5 Å². The fourth-order valence-electron chi connectivity index (χ4n) is 1.96. The molecule has 6 heteroatoms. The first kappa shape index (κ1) is 13.9. The number of H-pyrrole nitrogens is 1. The van der Waals surface area contributed by atoms with Crippen molar-refractivity contribution in [3.8, 4) is 11.3 Å². The topological polar surface area (TPSA) is 95.3 Å². The molecule has 20 heavy (non-hydrogen) atoms. The maximum Gasteiger partial charge on any atom is 0.405 e. The second-order valence-electron chi connectivity index (χ2n) is 4.44. The Morgan fingerprint density at radius 1 is 1.45 bits per heavy atom. The predicted octanol–water partition coefficient (Wildman–Crippen LogP) is 2.27. The van der Waals surface area contributed by atoms with Gasteiger partial charge in [0.2, 0.25) is 0 Å². The lowest BCUT2D eigenvalue weighted by molar-refractivity contribution is 0.193. The predicted molar refractivity (Wildman–Crippen MR) is 73.7 cm³/mol. The van der Waals surface area contributed by atoms with Crippen molar-refractivity contribution in [2.24, 2.45) is 0 Å². The molecule has 2 heterocycles. The van der Waals surface area contributed by atoms with E-state index in [4.69, 9.17) is 9.52 Å². The Morgan fingerprint density at radius 3 is 2.85 bits per heavy atom. The third kappa shape index (κ3) is 2.90. The summed E-state index contributed by atoms with van der Waals surface area (Å²) in [6, 6.07) is 5.28. The maximum absolute atomic E-state index is 11.7. The summed E-state index contributed by atoms with van der Waals surface area (Å²) in [5, 5.41) is 10.8. The minimum absolute atomic E-state index is 0.0897. The number of aryl methyl sites for hydroxylation is 2. The van der Waals surface area contributed by atoms with Crippen LogP contribution in [-0.2, 0) is 13.0 Å². The summed E-state index contributed by atoms with van der Waals surface area (Å²) in [6.45, 7) is 3.82. The third-order valence-corrected chi connectivity index (χ3v) is 3.04. The minimum atomic E-state index is -1.10. The molecule has 0 bridgehead atoms. The number of hydrogen-bond donors (Lipinski definition) is 3. The fraction of sp³-hybridized carbons (Fsp3) is 0.286. The summed E-state index contributed by atoms with van der Waals surface area (Å²) < 4.78 is 5.59. The molecule has 0 saturated carbocycles. The molecule has 6 nitrogen and oxygen atoms in total. The SMILES string of the molecule is CCc1cc(-c2ccc(CNC(=O)O)o2)c(C)[nH]c1=O. The van der Waals surface area contributed by atoms with Crippen molar-refractivity contribution >= 4 is 6.09 Å². The van der Waals surface area contributed by atoms with Crippen molar-refractivity contribution in [2.45, 2.75) is 26.8 Å². The van der Waals surface area contributed by atoms with E-state index in [9.17, 15) is 9.59 Å². The number of aromatic nitrogens is 1. The second kappa shape index (κ2) is 5.64. The molecule has 0 aliphatic rings. The number of amides is 1. The molecular formula is C14H16N2O4. The molecule has 106 valence electrons. The minimum Gasteiger partial charge on any atom is -0.465 e. The third-order valence-electron chi connectivity index (χ3n) is 3.04. The van der Waals surface area contributed by atoms with E-state index in [2.05, 4.69) is 10.3 Å². The van der Waals surface area contributed by atoms with Gasteiger partial charge in [0, 0.05) is 16.8 Å². The molecule has 2 aromatic rings. The van der Waals surface area contributed by atoms with Crippen LogP contribution in [0.25, 0.3) is 11.3 Å². The van der Waals surface area contributed by atoms with Crippen LogP contribution in [0, 0.1) is 6.92 Å². The van der Waals surface area contributed by atoms with Gasteiger partial charge >= 0.3 is 6.09 Å². The Morgan fingerprint density at radius 2 is 2.20 bits per heavy atom. The number of rotatable bonds is 4. The van der Waals surface area contributed by atoms with Crippen LogP contribution >= 0.6 is 0 Å². The number of furan rings is 1. The van der Waals surface area contributed by atoms with E-state index in [1.165, 1.54) is 0 Å². The summed E-state index contributed by atoms with van der Waals surface area (Å²) >= 11 is 0. The molecule has 0 radical (unpaired) electrons. The van der Waals surface area contributed by atoms with Gasteiger partial charge in [-0.05, 0) is 31.5 Å². The van der Waals surface area contributed by atoms with Crippen LogP contribution in [0.2, 0.25) is 0 Å². The van der Waals surface area contributed by atoms with Crippen LogP contribution in [0.1, 0.15) is 23.9 Å². The van der Waals surface area contributed by atoms with Gasteiger partial charge in [-0.15, -0.1) is 0 Å². The molecule has 3 N–H and O–H groups in total. The zero-order chi connectivity index (χ0) is 14.7. The Balaban J connectivity index is 2.32. The summed E-state index contributed by atoms with van der Waals surface area (Å²) in [5.41, 5.74) is 2.13. The molecule has 0 saturated heterocycles. The lowest BCUT2D eigenvalue weighted by Crippen LogP contribution is -2.19. The van der Waals surface area contributed by atoms with Crippen LogP contribution < -0.4 is 10.9 Å². The molecule has 0 spiro atoms. The van der Waals surface area contributed by atoms with E-state index in [-0.39, 0.29) is 12.1 Å². The van der Waals surface area contributed by atoms with Gasteiger partial charge in [0.25, 0.3) is 5.56 Å². The number of pyridine rings is 1. The maximum atomic E-state index is 11.7. The van der Waals surface area contributed by atoms with Gasteiger partial charge in [-0.25, -0.2) is 4.79 Å². The van der Waals surface area contributed by atoms with Crippen LogP contribution in [0.3, 0.4) is 0 Å². The molecular weight excluding hydrogens is 260 g/mol. The van der Waals surface area contributed by atoms with E-state index in [1.54, 1.807) is 25.1 Å². The molecule has 0 fully saturated rings. The Labute approximate surface area is 115 Å². The second-order valence-corrected chi connectivity index (χ2v) is 4.44. The first-order chi connectivity index (χ1) is 9.51. The van der Waals surface area contributed by atoms with Gasteiger partial charge in [0.15, 0.2) is 0 Å². The molecule has 0 aliphatic carbocycles. The highest BCUT2D eigenvalue weighted by Gasteiger charge is 2.11. The van der Waals surface area contributed by atoms with Crippen LogP contribution in [0.4, 0.5) is 4.79 Å². The molecule has 0 atom stereocenters. The van der Waals surface area contributed by atoms with Gasteiger partial charge in [0.1, 0.15) is 11.5 Å². The van der Waals surface area contributed by atoms with E-state index in [0.717, 1.165) is 11.3 Å². The Bertz CT molecular complexity index is 685. The van der Waals surface area contributed by atoms with Gasteiger partial charge in [-0.1, -0.05) is 6.92 Å². The van der Waals surface area contributed by atoms with Gasteiger partial charge in [-0.2, -0.15) is 0 Å². The average Bonchev–Trinajstić information content (AvgIpc) is 2.85. The summed E-state index contributed by atoms with van der Waals surface area (Å²) in [6.07, 6.45) is -0.465. The Kier molecular flexibility index (Phi) is 3.93. The number of aromatic amines is 1. The van der Waals surface area contributed by atoms with E-state index < -0.39 is 6.09 Å². The molecule has 0 unspecified atom stereocenters. The quantitative estimate of drug-likeness (QED) is 0.798. The van der Waals surface area contributed by atoms with E-state index >= 15 is 0 Å². The highest BCUT2D eigenvalue weighted by atomic mass is 16.4. The highest BCUT2D eigenvalue weighted by molar-refractivity contribution is 5.64. The van der Waals surface area contributed by atoms with Crippen molar-refractivity contribution < 1.29 is 14.3 Å². The van der Waals surface area contributed by atoms with Crippen LogP contribution in [0.5, 0.6) is 0 Å². The first-order valence-electron chi connectivity index (χ1n) is 6.30. The summed E-state index contributed by atoms with van der Waals surface area (Å²) in [4.78, 5) is 24.9. The number of nitrogens with one attached hydrogen (secondary N) is 2. The smallest absolute Gasteiger partial charge is 0.405 e. The van der Waals surface area contributed by atoms with Crippen molar-refractivity contribution in [1.82, 2.24) is 10.3 Å². The van der Waals surface area contributed by atoms with Gasteiger partial charge in [0.05, 0.1) is 6.54 Å². The standard InChI is InChI=1S/C14H16N2O4/c1-3-9-6-11(8(2)16-13(9)17)12-5-4-10(20-12)7-15-14(18)19/h4-6,15H,3,7H2,1-2H3,(H,16,17)(H,18,19). The number of carboxylic acid groups (broad SMARTS) is 1. The zero-order valence-corrected chi connectivity index (χ0v) is 11.3. The molecule has 2 rings (SSSR count). The monoisotopic (exact) mass is 276 g/mol. The van der Waals surface area contributed by atoms with E-state index in [1.807, 2.05) is 6.92 Å². The highest BCUT2D eigenvalue weighted by Crippen LogP contribution is 2.24. The molecule has 0 aromatic carbocycles. The number of carbonyl (C=O) groups is 1. The summed E-state index contributed by atoms with van der Waals surface area (Å²) in [7, 11) is 0. The fourth-order valence-corrected chi connectivity index (χ4v) is 1.96. The lowest BCUT2D eigenvalue weighted by atomic mass is 10.1. The van der Waals surface area contributed by atoms with Crippen LogP contribution in [0.15, 0.2) is 27.4 Å². The molecule has 1 amide bonds. The summed E-state index contributed by atoms with van der Waals surface area (Å²) in [5.74, 6) is 1.13. The van der Waals surface area contributed by atoms with Crippen molar-refractivity contribution in [3.05, 3.63) is 45.6 Å².